The van der Waals surface area contributed by atoms with Gasteiger partial charge in [0.2, 0.25) is 5.91 Å². The highest BCUT2D eigenvalue weighted by Crippen LogP contribution is 2.23. The summed E-state index contributed by atoms with van der Waals surface area (Å²) < 4.78 is 1.71. The molecule has 28 heavy (non-hydrogen) atoms. The first-order valence-electron chi connectivity index (χ1n) is 8.85. The maximum atomic E-state index is 12.4. The fourth-order valence-electron chi connectivity index (χ4n) is 3.14. The van der Waals surface area contributed by atoms with E-state index in [1.54, 1.807) is 52.5 Å². The highest BCUT2D eigenvalue weighted by Gasteiger charge is 2.34. The molecule has 3 aromatic rings. The van der Waals surface area contributed by atoms with E-state index in [2.05, 4.69) is 10.4 Å². The molecule has 1 N–H and O–H groups in total. The highest BCUT2D eigenvalue weighted by atomic mass is 32.1. The number of anilines is 1. The number of aryl methyl sites for hydroxylation is 1. The minimum atomic E-state index is -0.355. The third-order valence-corrected chi connectivity index (χ3v) is 5.51. The third-order valence-electron chi connectivity index (χ3n) is 4.53. The van der Waals surface area contributed by atoms with Crippen LogP contribution in [0.25, 0.3) is 0 Å². The van der Waals surface area contributed by atoms with Gasteiger partial charge in [0.05, 0.1) is 23.9 Å². The minimum Gasteiger partial charge on any atom is -0.311 e. The number of nitrogens with one attached hydrogen (secondary N) is 1. The monoisotopic (exact) mass is 394 g/mol. The van der Waals surface area contributed by atoms with Crippen LogP contribution in [-0.4, -0.2) is 38.9 Å². The summed E-state index contributed by atoms with van der Waals surface area (Å²) in [5.41, 5.74) is 0.773. The number of nitrogens with zero attached hydrogens (tertiary/aromatic N) is 3. The maximum Gasteiger partial charge on any atom is 0.261 e. The Kier molecular flexibility index (Phi) is 4.79. The van der Waals surface area contributed by atoms with E-state index >= 15 is 0 Å². The summed E-state index contributed by atoms with van der Waals surface area (Å²) in [6, 6.07) is 12.5. The summed E-state index contributed by atoms with van der Waals surface area (Å²) in [5, 5.41) is 7.06. The zero-order valence-electron chi connectivity index (χ0n) is 15.2. The Morgan fingerprint density at radius 3 is 2.43 bits per heavy atom. The Bertz CT molecular complexity index is 1030. The lowest BCUT2D eigenvalue weighted by atomic mass is 10.1. The van der Waals surface area contributed by atoms with Crippen LogP contribution in [0.1, 0.15) is 36.9 Å². The largest absolute Gasteiger partial charge is 0.311 e. The van der Waals surface area contributed by atoms with Crippen molar-refractivity contribution in [1.29, 1.82) is 0 Å². The molecule has 0 spiro atoms. The highest BCUT2D eigenvalue weighted by molar-refractivity contribution is 7.11. The summed E-state index contributed by atoms with van der Waals surface area (Å²) >= 11 is 1.68. The van der Waals surface area contributed by atoms with Gasteiger partial charge in [-0.25, -0.2) is 4.68 Å². The SMILES string of the molecule is Cc1ccc(Cn2nccc2NC(=O)CCN2C(=O)c3ccccc3C2=O)s1. The van der Waals surface area contributed by atoms with Crippen LogP contribution in [0, 0.1) is 6.92 Å². The van der Waals surface area contributed by atoms with Crippen LogP contribution in [0.15, 0.2) is 48.7 Å². The van der Waals surface area contributed by atoms with Crippen LogP contribution in [0.3, 0.4) is 0 Å². The van der Waals surface area contributed by atoms with Crippen molar-refractivity contribution in [3.63, 3.8) is 0 Å². The smallest absolute Gasteiger partial charge is 0.261 e. The van der Waals surface area contributed by atoms with Crippen molar-refractivity contribution < 1.29 is 14.4 Å². The van der Waals surface area contributed by atoms with Crippen molar-refractivity contribution >= 4 is 34.9 Å². The minimum absolute atomic E-state index is 0.0226. The van der Waals surface area contributed by atoms with Gasteiger partial charge in [-0.2, -0.15) is 5.10 Å². The fourth-order valence-corrected chi connectivity index (χ4v) is 4.02. The Morgan fingerprint density at radius 2 is 1.79 bits per heavy atom. The van der Waals surface area contributed by atoms with Gasteiger partial charge < -0.3 is 5.32 Å². The number of amides is 3. The van der Waals surface area contributed by atoms with Crippen molar-refractivity contribution in [2.45, 2.75) is 19.9 Å². The molecule has 0 unspecified atom stereocenters. The molecule has 142 valence electrons. The molecule has 0 fully saturated rings. The van der Waals surface area contributed by atoms with Crippen LogP contribution in [0.5, 0.6) is 0 Å². The summed E-state index contributed by atoms with van der Waals surface area (Å²) in [5.74, 6) is -0.405. The quantitative estimate of drug-likeness (QED) is 0.652. The molecule has 0 aliphatic carbocycles. The first kappa shape index (κ1) is 18.1. The number of thiophene rings is 1. The molecular formula is C20H18N4O3S. The number of hydrogen-bond acceptors (Lipinski definition) is 5. The van der Waals surface area contributed by atoms with Crippen molar-refractivity contribution in [3.05, 3.63) is 69.5 Å². The van der Waals surface area contributed by atoms with E-state index in [0.29, 0.717) is 23.5 Å². The van der Waals surface area contributed by atoms with Crippen LogP contribution in [0.4, 0.5) is 5.82 Å². The second-order valence-corrected chi connectivity index (χ2v) is 7.86. The van der Waals surface area contributed by atoms with Crippen LogP contribution in [-0.2, 0) is 11.3 Å². The van der Waals surface area contributed by atoms with E-state index in [4.69, 9.17) is 0 Å². The second-order valence-electron chi connectivity index (χ2n) is 6.49. The Labute approximate surface area is 165 Å². The van der Waals surface area contributed by atoms with Crippen molar-refractivity contribution in [1.82, 2.24) is 14.7 Å². The van der Waals surface area contributed by atoms with Crippen molar-refractivity contribution in [2.24, 2.45) is 0 Å². The predicted octanol–water partition coefficient (Wildman–Crippen LogP) is 2.93. The molecule has 3 heterocycles. The van der Waals surface area contributed by atoms with Gasteiger partial charge >= 0.3 is 0 Å². The number of hydrogen-bond donors (Lipinski definition) is 1. The van der Waals surface area contributed by atoms with Gasteiger partial charge in [-0.1, -0.05) is 12.1 Å². The number of aromatic nitrogens is 2. The van der Waals surface area contributed by atoms with Crippen molar-refractivity contribution in [2.75, 3.05) is 11.9 Å². The lowest BCUT2D eigenvalue weighted by Crippen LogP contribution is -2.33. The average molecular weight is 394 g/mol. The topological polar surface area (TPSA) is 84.3 Å². The zero-order valence-corrected chi connectivity index (χ0v) is 16.0. The van der Waals surface area contributed by atoms with E-state index in [1.165, 1.54) is 4.88 Å². The van der Waals surface area contributed by atoms with Gasteiger partial charge in [0.15, 0.2) is 0 Å². The molecule has 1 aromatic carbocycles. The molecule has 0 bridgehead atoms. The number of carbonyl (C=O) groups is 3. The molecule has 0 saturated heterocycles. The molecule has 8 heteroatoms. The number of rotatable bonds is 6. The van der Waals surface area contributed by atoms with Crippen molar-refractivity contribution in [3.8, 4) is 0 Å². The standard InChI is InChI=1S/C20H18N4O3S/c1-13-6-7-14(28-13)12-24-17(8-10-21-24)22-18(25)9-11-23-19(26)15-4-2-3-5-16(15)20(23)27/h2-8,10H,9,11-12H2,1H3,(H,22,25). The maximum absolute atomic E-state index is 12.4. The molecule has 2 aromatic heterocycles. The summed E-state index contributed by atoms with van der Waals surface area (Å²) in [6.45, 7) is 2.65. The lowest BCUT2D eigenvalue weighted by Gasteiger charge is -2.14. The predicted molar refractivity (Wildman–Crippen MR) is 105 cm³/mol. The molecule has 3 amide bonds. The number of benzene rings is 1. The van der Waals surface area contributed by atoms with Crippen LogP contribution in [0.2, 0.25) is 0 Å². The first-order chi connectivity index (χ1) is 13.5. The first-order valence-corrected chi connectivity index (χ1v) is 9.67. The van der Waals surface area contributed by atoms with E-state index in [1.807, 2.05) is 19.1 Å². The zero-order chi connectivity index (χ0) is 19.7. The lowest BCUT2D eigenvalue weighted by molar-refractivity contribution is -0.116. The summed E-state index contributed by atoms with van der Waals surface area (Å²) in [6.07, 6.45) is 1.65. The Balaban J connectivity index is 1.37. The van der Waals surface area contributed by atoms with Gasteiger partial charge in [-0.05, 0) is 31.2 Å². The van der Waals surface area contributed by atoms with E-state index < -0.39 is 0 Å². The van der Waals surface area contributed by atoms with Gasteiger partial charge in [0.25, 0.3) is 11.8 Å². The van der Waals surface area contributed by atoms with E-state index in [9.17, 15) is 14.4 Å². The Morgan fingerprint density at radius 1 is 1.07 bits per heavy atom. The fraction of sp³-hybridized carbons (Fsp3) is 0.200. The summed E-state index contributed by atoms with van der Waals surface area (Å²) in [7, 11) is 0. The van der Waals surface area contributed by atoms with E-state index in [-0.39, 0.29) is 30.7 Å². The van der Waals surface area contributed by atoms with Crippen LogP contribution >= 0.6 is 11.3 Å². The second kappa shape index (κ2) is 7.40. The average Bonchev–Trinajstić information content (AvgIpc) is 3.35. The molecule has 0 saturated carbocycles. The molecule has 1 aliphatic heterocycles. The molecule has 1 aliphatic rings. The number of imide groups is 1. The molecule has 0 radical (unpaired) electrons. The van der Waals surface area contributed by atoms with Gasteiger partial charge in [0, 0.05) is 28.8 Å². The summed E-state index contributed by atoms with van der Waals surface area (Å²) in [4.78, 5) is 40.6. The molecular weight excluding hydrogens is 376 g/mol. The number of fused-ring (bicyclic) bond motifs is 1. The number of carbonyl (C=O) groups excluding carboxylic acids is 3. The molecule has 0 atom stereocenters. The Hall–Kier alpha value is -3.26. The molecule has 7 nitrogen and oxygen atoms in total. The molecule has 4 rings (SSSR count). The third kappa shape index (κ3) is 3.46. The van der Waals surface area contributed by atoms with Crippen LogP contribution < -0.4 is 5.32 Å². The van der Waals surface area contributed by atoms with E-state index in [0.717, 1.165) is 9.78 Å². The van der Waals surface area contributed by atoms with Gasteiger partial charge in [-0.15, -0.1) is 11.3 Å². The normalized spacial score (nSPS) is 13.1. The van der Waals surface area contributed by atoms with Gasteiger partial charge in [-0.3, -0.25) is 19.3 Å². The van der Waals surface area contributed by atoms with Gasteiger partial charge in [0.1, 0.15) is 5.82 Å².